The second kappa shape index (κ2) is 5.71. The highest BCUT2D eigenvalue weighted by atomic mass is 16.5. The van der Waals surface area contributed by atoms with Crippen LogP contribution in [0.1, 0.15) is 17.3 Å². The molecule has 2 aromatic carbocycles. The Morgan fingerprint density at radius 1 is 1.32 bits per heavy atom. The number of ether oxygens (including phenoxy) is 1. The van der Waals surface area contributed by atoms with Crippen LogP contribution in [-0.2, 0) is 4.74 Å². The van der Waals surface area contributed by atoms with Crippen molar-refractivity contribution in [2.45, 2.75) is 13.0 Å². The molecule has 100 valence electrons. The topological polar surface area (TPSA) is 58.6 Å². The van der Waals surface area contributed by atoms with Crippen molar-refractivity contribution in [1.82, 2.24) is 5.32 Å². The van der Waals surface area contributed by atoms with Gasteiger partial charge < -0.3 is 15.2 Å². The van der Waals surface area contributed by atoms with Crippen molar-refractivity contribution in [2.24, 2.45) is 0 Å². The van der Waals surface area contributed by atoms with E-state index in [0.29, 0.717) is 11.9 Å². The van der Waals surface area contributed by atoms with Crippen LogP contribution in [0.3, 0.4) is 0 Å². The van der Waals surface area contributed by atoms with E-state index in [0.717, 1.165) is 5.39 Å². The monoisotopic (exact) mass is 259 g/mol. The van der Waals surface area contributed by atoms with Crippen molar-refractivity contribution in [3.05, 3.63) is 42.0 Å². The molecule has 0 saturated carbocycles. The third kappa shape index (κ3) is 2.85. The molecule has 1 unspecified atom stereocenters. The molecule has 2 rings (SSSR count). The Bertz CT molecular complexity index is 595. The first kappa shape index (κ1) is 13.4. The van der Waals surface area contributed by atoms with Gasteiger partial charge in [-0.15, -0.1) is 0 Å². The molecular weight excluding hydrogens is 242 g/mol. The fourth-order valence-corrected chi connectivity index (χ4v) is 1.85. The van der Waals surface area contributed by atoms with Crippen molar-refractivity contribution >= 4 is 16.7 Å². The maximum Gasteiger partial charge on any atom is 0.255 e. The van der Waals surface area contributed by atoms with E-state index in [2.05, 4.69) is 5.32 Å². The summed E-state index contributed by atoms with van der Waals surface area (Å²) in [6.45, 7) is 2.27. The van der Waals surface area contributed by atoms with Gasteiger partial charge in [0.25, 0.3) is 5.91 Å². The summed E-state index contributed by atoms with van der Waals surface area (Å²) in [5.41, 5.74) is 0.280. The molecule has 0 aromatic heterocycles. The van der Waals surface area contributed by atoms with Crippen LogP contribution in [0.2, 0.25) is 0 Å². The largest absolute Gasteiger partial charge is 0.506 e. The van der Waals surface area contributed by atoms with Crippen LogP contribution >= 0.6 is 0 Å². The summed E-state index contributed by atoms with van der Waals surface area (Å²) in [4.78, 5) is 12.0. The van der Waals surface area contributed by atoms with Gasteiger partial charge in [0.1, 0.15) is 5.75 Å². The van der Waals surface area contributed by atoms with Gasteiger partial charge in [-0.1, -0.05) is 30.3 Å². The van der Waals surface area contributed by atoms with E-state index >= 15 is 0 Å². The smallest absolute Gasteiger partial charge is 0.255 e. The van der Waals surface area contributed by atoms with Gasteiger partial charge in [0, 0.05) is 19.0 Å². The Morgan fingerprint density at radius 3 is 2.79 bits per heavy atom. The lowest BCUT2D eigenvalue weighted by Crippen LogP contribution is -2.31. The number of hydrogen-bond acceptors (Lipinski definition) is 3. The summed E-state index contributed by atoms with van der Waals surface area (Å²) in [7, 11) is 1.59. The van der Waals surface area contributed by atoms with Crippen LogP contribution in [0.15, 0.2) is 36.4 Å². The number of amides is 1. The highest BCUT2D eigenvalue weighted by Gasteiger charge is 2.14. The van der Waals surface area contributed by atoms with Gasteiger partial charge >= 0.3 is 0 Å². The van der Waals surface area contributed by atoms with E-state index in [-0.39, 0.29) is 23.3 Å². The van der Waals surface area contributed by atoms with Crippen molar-refractivity contribution in [3.63, 3.8) is 0 Å². The van der Waals surface area contributed by atoms with Crippen molar-refractivity contribution < 1.29 is 14.6 Å². The fourth-order valence-electron chi connectivity index (χ4n) is 1.85. The molecule has 0 fully saturated rings. The van der Waals surface area contributed by atoms with Crippen molar-refractivity contribution in [1.29, 1.82) is 0 Å². The molecule has 0 spiro atoms. The molecular formula is C15H17NO3. The summed E-state index contributed by atoms with van der Waals surface area (Å²) < 4.78 is 5.06. The standard InChI is InChI=1S/C15H17NO3/c1-10(19-2)9-16-15(18)13-8-7-11-5-3-4-6-12(11)14(13)17/h3-8,10,17H,9H2,1-2H3,(H,16,18). The summed E-state index contributed by atoms with van der Waals surface area (Å²) in [5.74, 6) is -0.284. The lowest BCUT2D eigenvalue weighted by molar-refractivity contribution is 0.0868. The maximum atomic E-state index is 12.0. The Labute approximate surface area is 112 Å². The minimum absolute atomic E-state index is 0.0145. The molecule has 4 heteroatoms. The van der Waals surface area contributed by atoms with Gasteiger partial charge in [-0.2, -0.15) is 0 Å². The van der Waals surface area contributed by atoms with Gasteiger partial charge in [-0.3, -0.25) is 4.79 Å². The van der Waals surface area contributed by atoms with Crippen LogP contribution in [-0.4, -0.2) is 30.8 Å². The fraction of sp³-hybridized carbons (Fsp3) is 0.267. The van der Waals surface area contributed by atoms with Crippen LogP contribution in [0.25, 0.3) is 10.8 Å². The molecule has 2 N–H and O–H groups in total. The first-order chi connectivity index (χ1) is 9.13. The van der Waals surface area contributed by atoms with Crippen LogP contribution < -0.4 is 5.32 Å². The maximum absolute atomic E-state index is 12.0. The van der Waals surface area contributed by atoms with E-state index in [4.69, 9.17) is 4.74 Å². The average molecular weight is 259 g/mol. The molecule has 0 aliphatic rings. The number of phenolic OH excluding ortho intramolecular Hbond substituents is 1. The lowest BCUT2D eigenvalue weighted by Gasteiger charge is -2.12. The summed E-state index contributed by atoms with van der Waals surface area (Å²) >= 11 is 0. The molecule has 0 radical (unpaired) electrons. The third-order valence-corrected chi connectivity index (χ3v) is 3.10. The summed E-state index contributed by atoms with van der Waals surface area (Å²) in [6, 6.07) is 10.9. The SMILES string of the molecule is COC(C)CNC(=O)c1ccc2ccccc2c1O. The zero-order chi connectivity index (χ0) is 13.8. The molecule has 0 saturated heterocycles. The van der Waals surface area contributed by atoms with Gasteiger partial charge in [0.05, 0.1) is 11.7 Å². The second-order valence-corrected chi connectivity index (χ2v) is 4.44. The van der Waals surface area contributed by atoms with Gasteiger partial charge in [-0.05, 0) is 18.4 Å². The highest BCUT2D eigenvalue weighted by Crippen LogP contribution is 2.28. The Morgan fingerprint density at radius 2 is 2.05 bits per heavy atom. The second-order valence-electron chi connectivity index (χ2n) is 4.44. The molecule has 1 atom stereocenters. The van der Waals surface area contributed by atoms with Crippen LogP contribution in [0.4, 0.5) is 0 Å². The zero-order valence-corrected chi connectivity index (χ0v) is 11.0. The molecule has 0 aliphatic carbocycles. The number of carbonyl (C=O) groups is 1. The first-order valence-corrected chi connectivity index (χ1v) is 6.15. The van der Waals surface area contributed by atoms with Crippen LogP contribution in [0.5, 0.6) is 5.75 Å². The molecule has 0 heterocycles. The number of nitrogens with one attached hydrogen (secondary N) is 1. The number of phenols is 1. The first-order valence-electron chi connectivity index (χ1n) is 6.15. The normalized spacial score (nSPS) is 12.3. The predicted molar refractivity (Wildman–Crippen MR) is 74.4 cm³/mol. The molecule has 2 aromatic rings. The molecule has 0 aliphatic heterocycles. The Balaban J connectivity index is 2.25. The number of methoxy groups -OCH3 is 1. The minimum Gasteiger partial charge on any atom is -0.506 e. The lowest BCUT2D eigenvalue weighted by atomic mass is 10.0. The van der Waals surface area contributed by atoms with Crippen LogP contribution in [0, 0.1) is 0 Å². The zero-order valence-electron chi connectivity index (χ0n) is 11.0. The molecule has 4 nitrogen and oxygen atoms in total. The number of rotatable bonds is 4. The van der Waals surface area contributed by atoms with Crippen molar-refractivity contribution in [3.8, 4) is 5.75 Å². The Hall–Kier alpha value is -2.07. The van der Waals surface area contributed by atoms with E-state index < -0.39 is 0 Å². The molecule has 19 heavy (non-hydrogen) atoms. The third-order valence-electron chi connectivity index (χ3n) is 3.10. The molecule has 1 amide bonds. The number of benzene rings is 2. The van der Waals surface area contributed by atoms with Gasteiger partial charge in [0.2, 0.25) is 0 Å². The van der Waals surface area contributed by atoms with E-state index in [1.165, 1.54) is 0 Å². The van der Waals surface area contributed by atoms with Gasteiger partial charge in [-0.25, -0.2) is 0 Å². The summed E-state index contributed by atoms with van der Waals surface area (Å²) in [6.07, 6.45) is -0.0634. The number of fused-ring (bicyclic) bond motifs is 1. The molecule has 0 bridgehead atoms. The quantitative estimate of drug-likeness (QED) is 0.885. The van der Waals surface area contributed by atoms with Crippen molar-refractivity contribution in [2.75, 3.05) is 13.7 Å². The van der Waals surface area contributed by atoms with E-state index in [1.807, 2.05) is 31.2 Å². The van der Waals surface area contributed by atoms with E-state index in [1.54, 1.807) is 19.2 Å². The van der Waals surface area contributed by atoms with E-state index in [9.17, 15) is 9.90 Å². The summed E-state index contributed by atoms with van der Waals surface area (Å²) in [5, 5.41) is 14.5. The number of hydrogen-bond donors (Lipinski definition) is 2. The highest BCUT2D eigenvalue weighted by molar-refractivity contribution is 6.03. The number of aromatic hydroxyl groups is 1. The number of carbonyl (C=O) groups excluding carboxylic acids is 1. The average Bonchev–Trinajstić information content (AvgIpc) is 2.45. The predicted octanol–water partition coefficient (Wildman–Crippen LogP) is 2.31. The Kier molecular flexibility index (Phi) is 4.02. The van der Waals surface area contributed by atoms with Gasteiger partial charge in [0.15, 0.2) is 0 Å². The minimum atomic E-state index is -0.299.